The molecule has 34 heavy (non-hydrogen) atoms. The summed E-state index contributed by atoms with van der Waals surface area (Å²) in [5.41, 5.74) is 3.35. The zero-order chi connectivity index (χ0) is 24.6. The first-order valence-corrected chi connectivity index (χ1v) is 12.0. The van der Waals surface area contributed by atoms with Gasteiger partial charge >= 0.3 is 0 Å². The van der Waals surface area contributed by atoms with Gasteiger partial charge in [-0.2, -0.15) is 5.10 Å². The Morgan fingerprint density at radius 3 is 2.62 bits per heavy atom. The minimum Gasteiger partial charge on any atom is -0.355 e. The van der Waals surface area contributed by atoms with Crippen LogP contribution in [0.3, 0.4) is 0 Å². The van der Waals surface area contributed by atoms with E-state index in [4.69, 9.17) is 4.52 Å². The van der Waals surface area contributed by atoms with Crippen LogP contribution in [0.2, 0.25) is 0 Å². The van der Waals surface area contributed by atoms with Crippen molar-refractivity contribution in [1.82, 2.24) is 19.8 Å². The molecule has 0 saturated heterocycles. The Bertz CT molecular complexity index is 1330. The van der Waals surface area contributed by atoms with Crippen LogP contribution in [-0.2, 0) is 7.05 Å². The van der Waals surface area contributed by atoms with E-state index in [1.54, 1.807) is 16.2 Å². The molecule has 5 rings (SSSR count). The van der Waals surface area contributed by atoms with Crippen molar-refractivity contribution in [1.29, 1.82) is 0 Å². The highest BCUT2D eigenvalue weighted by Gasteiger charge is 2.37. The SMILES string of the molecule is CC.Cc1c(C2CN(C(=O)c3cc(-c4ccc(F)cc4F)on3)C(C)c3ccsc32)cnn1C. The Morgan fingerprint density at radius 2 is 1.94 bits per heavy atom. The summed E-state index contributed by atoms with van der Waals surface area (Å²) in [5, 5.41) is 10.3. The molecule has 3 aromatic heterocycles. The first-order chi connectivity index (χ1) is 16.3. The van der Waals surface area contributed by atoms with Crippen LogP contribution in [-0.4, -0.2) is 32.3 Å². The molecule has 4 heterocycles. The highest BCUT2D eigenvalue weighted by Crippen LogP contribution is 2.43. The number of hydrogen-bond acceptors (Lipinski definition) is 5. The number of thiophene rings is 1. The van der Waals surface area contributed by atoms with Crippen LogP contribution in [0.4, 0.5) is 8.78 Å². The number of rotatable bonds is 3. The van der Waals surface area contributed by atoms with Crippen molar-refractivity contribution in [2.45, 2.75) is 39.7 Å². The van der Waals surface area contributed by atoms with E-state index in [0.717, 1.165) is 29.0 Å². The number of benzene rings is 1. The largest absolute Gasteiger partial charge is 0.355 e. The van der Waals surface area contributed by atoms with Gasteiger partial charge in [0.2, 0.25) is 0 Å². The van der Waals surface area contributed by atoms with Crippen molar-refractivity contribution in [2.24, 2.45) is 7.05 Å². The normalized spacial score (nSPS) is 17.2. The lowest BCUT2D eigenvalue weighted by Crippen LogP contribution is -2.40. The van der Waals surface area contributed by atoms with E-state index in [-0.39, 0.29) is 34.9 Å². The third-order valence-corrected chi connectivity index (χ3v) is 7.22. The lowest BCUT2D eigenvalue weighted by atomic mass is 9.88. The number of carbonyl (C=O) groups is 1. The number of aromatic nitrogens is 3. The first kappa shape index (κ1) is 23.8. The maximum atomic E-state index is 14.1. The summed E-state index contributed by atoms with van der Waals surface area (Å²) in [6.07, 6.45) is 1.85. The van der Waals surface area contributed by atoms with Gasteiger partial charge in [0.05, 0.1) is 17.8 Å². The van der Waals surface area contributed by atoms with Crippen LogP contribution in [0.1, 0.15) is 64.9 Å². The zero-order valence-corrected chi connectivity index (χ0v) is 20.5. The molecule has 0 radical (unpaired) electrons. The van der Waals surface area contributed by atoms with E-state index in [1.165, 1.54) is 17.0 Å². The highest BCUT2D eigenvalue weighted by molar-refractivity contribution is 7.10. The fourth-order valence-corrected chi connectivity index (χ4v) is 5.36. The molecule has 0 bridgehead atoms. The van der Waals surface area contributed by atoms with Crippen molar-refractivity contribution in [3.8, 4) is 11.3 Å². The van der Waals surface area contributed by atoms with Gasteiger partial charge in [-0.05, 0) is 43.0 Å². The van der Waals surface area contributed by atoms with E-state index in [9.17, 15) is 13.6 Å². The molecule has 1 aliphatic rings. The van der Waals surface area contributed by atoms with Gasteiger partial charge in [-0.15, -0.1) is 11.3 Å². The van der Waals surface area contributed by atoms with Gasteiger partial charge in [-0.25, -0.2) is 8.78 Å². The second kappa shape index (κ2) is 9.50. The average Bonchev–Trinajstić information content (AvgIpc) is 3.57. The molecule has 9 heteroatoms. The molecule has 6 nitrogen and oxygen atoms in total. The van der Waals surface area contributed by atoms with Crippen LogP contribution in [0.25, 0.3) is 11.3 Å². The molecule has 0 saturated carbocycles. The third-order valence-electron chi connectivity index (χ3n) is 6.18. The Hall–Kier alpha value is -3.33. The Morgan fingerprint density at radius 1 is 1.18 bits per heavy atom. The van der Waals surface area contributed by atoms with Gasteiger partial charge in [0.15, 0.2) is 11.5 Å². The van der Waals surface area contributed by atoms with Crippen LogP contribution in [0, 0.1) is 18.6 Å². The molecule has 1 aromatic carbocycles. The predicted octanol–water partition coefficient (Wildman–Crippen LogP) is 6.10. The molecule has 4 aromatic rings. The minimum absolute atomic E-state index is 0.000218. The number of hydrogen-bond donors (Lipinski definition) is 0. The average molecular weight is 485 g/mol. The molecule has 1 amide bonds. The molecule has 0 N–H and O–H groups in total. The fourth-order valence-electron chi connectivity index (χ4n) is 4.26. The molecule has 178 valence electrons. The van der Waals surface area contributed by atoms with Gasteiger partial charge in [-0.1, -0.05) is 19.0 Å². The standard InChI is InChI=1S/C23H20F2N4O2S.C2H6/c1-12-17(10-26-28(12)3)18-11-29(13(2)15-6-7-32-22(15)18)23(30)20-9-21(31-27-20)16-5-4-14(24)8-19(16)25;1-2/h4-10,13,18H,11H2,1-3H3;1-2H3. The molecular formula is C25H26F2N4O2S. The maximum absolute atomic E-state index is 14.1. The molecule has 0 spiro atoms. The van der Waals surface area contributed by atoms with E-state index in [0.29, 0.717) is 6.54 Å². The summed E-state index contributed by atoms with van der Waals surface area (Å²) in [6, 6.07) is 6.46. The Balaban J connectivity index is 0.00000133. The number of fused-ring (bicyclic) bond motifs is 1. The highest BCUT2D eigenvalue weighted by atomic mass is 32.1. The summed E-state index contributed by atoms with van der Waals surface area (Å²) in [5.74, 6) is -1.70. The molecular weight excluding hydrogens is 458 g/mol. The van der Waals surface area contributed by atoms with Gasteiger partial charge in [0, 0.05) is 47.8 Å². The maximum Gasteiger partial charge on any atom is 0.276 e. The summed E-state index contributed by atoms with van der Waals surface area (Å²) in [7, 11) is 1.90. The topological polar surface area (TPSA) is 64.2 Å². The second-order valence-corrected chi connectivity index (χ2v) is 8.88. The van der Waals surface area contributed by atoms with Gasteiger partial charge in [0.1, 0.15) is 11.6 Å². The smallest absolute Gasteiger partial charge is 0.276 e. The van der Waals surface area contributed by atoms with Crippen molar-refractivity contribution >= 4 is 17.2 Å². The fraction of sp³-hybridized carbons (Fsp3) is 0.320. The number of halogens is 2. The van der Waals surface area contributed by atoms with Crippen LogP contribution in [0.5, 0.6) is 0 Å². The molecule has 0 aliphatic carbocycles. The quantitative estimate of drug-likeness (QED) is 0.353. The lowest BCUT2D eigenvalue weighted by Gasteiger charge is -2.37. The molecule has 2 unspecified atom stereocenters. The second-order valence-electron chi connectivity index (χ2n) is 7.94. The van der Waals surface area contributed by atoms with E-state index < -0.39 is 11.6 Å². The Kier molecular flexibility index (Phi) is 6.65. The van der Waals surface area contributed by atoms with Crippen LogP contribution in [0.15, 0.2) is 46.4 Å². The number of carbonyl (C=O) groups excluding carboxylic acids is 1. The van der Waals surface area contributed by atoms with E-state index in [2.05, 4.69) is 10.3 Å². The third kappa shape index (κ3) is 4.04. The number of amides is 1. The van der Waals surface area contributed by atoms with Gasteiger partial charge < -0.3 is 9.42 Å². The zero-order valence-electron chi connectivity index (χ0n) is 19.7. The van der Waals surface area contributed by atoms with Crippen LogP contribution < -0.4 is 0 Å². The summed E-state index contributed by atoms with van der Waals surface area (Å²) in [6.45, 7) is 8.46. The number of aryl methyl sites for hydroxylation is 1. The predicted molar refractivity (Wildman–Crippen MR) is 127 cm³/mol. The minimum atomic E-state index is -0.776. The first-order valence-electron chi connectivity index (χ1n) is 11.1. The summed E-state index contributed by atoms with van der Waals surface area (Å²) < 4.78 is 34.4. The van der Waals surface area contributed by atoms with Gasteiger partial charge in [-0.3, -0.25) is 9.48 Å². The van der Waals surface area contributed by atoms with Crippen LogP contribution >= 0.6 is 11.3 Å². The lowest BCUT2D eigenvalue weighted by molar-refractivity contribution is 0.0656. The van der Waals surface area contributed by atoms with Gasteiger partial charge in [0.25, 0.3) is 5.91 Å². The summed E-state index contributed by atoms with van der Waals surface area (Å²) >= 11 is 1.68. The summed E-state index contributed by atoms with van der Waals surface area (Å²) in [4.78, 5) is 16.4. The monoisotopic (exact) mass is 484 g/mol. The van der Waals surface area contributed by atoms with Crippen molar-refractivity contribution in [3.05, 3.63) is 80.9 Å². The van der Waals surface area contributed by atoms with Crippen molar-refractivity contribution in [3.63, 3.8) is 0 Å². The van der Waals surface area contributed by atoms with Crippen molar-refractivity contribution < 1.29 is 18.1 Å². The molecule has 0 fully saturated rings. The van der Waals surface area contributed by atoms with E-state index >= 15 is 0 Å². The Labute approximate surface area is 200 Å². The van der Waals surface area contributed by atoms with E-state index in [1.807, 2.05) is 57.1 Å². The molecule has 1 aliphatic heterocycles. The van der Waals surface area contributed by atoms with Crippen molar-refractivity contribution in [2.75, 3.05) is 6.54 Å². The molecule has 2 atom stereocenters. The number of nitrogens with zero attached hydrogens (tertiary/aromatic N) is 4.